The quantitative estimate of drug-likeness (QED) is 0.233. The molecule has 2 aromatic carbocycles. The maximum Gasteiger partial charge on any atom is 0.573 e. The molecule has 36 heavy (non-hydrogen) atoms. The van der Waals surface area contributed by atoms with Crippen LogP contribution in [0.5, 0.6) is 23.0 Å². The lowest BCUT2D eigenvalue weighted by atomic mass is 10.1. The number of amides is 1. The molecule has 192 valence electrons. The minimum absolute atomic E-state index is 0.159. The molecule has 0 saturated heterocycles. The van der Waals surface area contributed by atoms with Gasteiger partial charge in [0.2, 0.25) is 11.6 Å². The van der Waals surface area contributed by atoms with Gasteiger partial charge in [-0.05, 0) is 58.7 Å². The molecule has 3 rings (SSSR count). The van der Waals surface area contributed by atoms with E-state index in [-0.39, 0.29) is 5.69 Å². The molecule has 3 aromatic rings. The average molecular weight is 583 g/mol. The number of alkyl halides is 5. The minimum Gasteiger partial charge on any atom is -0.490 e. The van der Waals surface area contributed by atoms with Crippen LogP contribution in [-0.4, -0.2) is 24.4 Å². The number of methoxy groups -OCH3 is 1. The van der Waals surface area contributed by atoms with Crippen LogP contribution in [0.4, 0.5) is 36.4 Å². The number of halogens is 8. The zero-order valence-electron chi connectivity index (χ0n) is 18.1. The predicted octanol–water partition coefficient (Wildman–Crippen LogP) is 7.32. The van der Waals surface area contributed by atoms with E-state index in [1.54, 1.807) is 6.92 Å². The first-order valence-corrected chi connectivity index (χ1v) is 10.5. The number of hydrogen-bond acceptors (Lipinski definition) is 5. The van der Waals surface area contributed by atoms with Gasteiger partial charge < -0.3 is 19.5 Å². The lowest BCUT2D eigenvalue weighted by molar-refractivity contribution is -0.275. The minimum atomic E-state index is -5.21. The largest absolute Gasteiger partial charge is 0.573 e. The highest BCUT2D eigenvalue weighted by atomic mass is 79.9. The van der Waals surface area contributed by atoms with Crippen molar-refractivity contribution in [2.75, 3.05) is 12.4 Å². The Morgan fingerprint density at radius 1 is 1.06 bits per heavy atom. The highest BCUT2D eigenvalue weighted by Crippen LogP contribution is 2.42. The number of aryl methyl sites for hydroxylation is 1. The fourth-order valence-electron chi connectivity index (χ4n) is 2.97. The maximum atomic E-state index is 15.0. The van der Waals surface area contributed by atoms with E-state index in [4.69, 9.17) is 9.47 Å². The molecule has 1 N–H and O–H groups in total. The van der Waals surface area contributed by atoms with Crippen LogP contribution >= 0.6 is 15.9 Å². The third-order valence-electron chi connectivity index (χ3n) is 4.59. The van der Waals surface area contributed by atoms with Crippen molar-refractivity contribution < 1.29 is 49.7 Å². The van der Waals surface area contributed by atoms with Crippen LogP contribution in [0.1, 0.15) is 27.9 Å². The van der Waals surface area contributed by atoms with Crippen molar-refractivity contribution in [3.8, 4) is 23.0 Å². The molecule has 6 nitrogen and oxygen atoms in total. The third kappa shape index (κ3) is 5.98. The topological polar surface area (TPSA) is 69.7 Å². The summed E-state index contributed by atoms with van der Waals surface area (Å²) < 4.78 is 108. The Morgan fingerprint density at radius 3 is 2.31 bits per heavy atom. The normalized spacial score (nSPS) is 11.4. The van der Waals surface area contributed by atoms with Gasteiger partial charge in [0.15, 0.2) is 11.5 Å². The zero-order chi connectivity index (χ0) is 26.8. The Kier molecular flexibility index (Phi) is 7.96. The highest BCUT2D eigenvalue weighted by molar-refractivity contribution is 9.10. The Labute approximate surface area is 207 Å². The van der Waals surface area contributed by atoms with E-state index in [2.05, 4.69) is 31.0 Å². The molecule has 0 aliphatic heterocycles. The number of hydrogen-bond donors (Lipinski definition) is 1. The van der Waals surface area contributed by atoms with E-state index in [0.717, 1.165) is 19.2 Å². The van der Waals surface area contributed by atoms with Crippen molar-refractivity contribution in [2.45, 2.75) is 19.7 Å². The van der Waals surface area contributed by atoms with Crippen molar-refractivity contribution in [1.82, 2.24) is 4.98 Å². The first-order chi connectivity index (χ1) is 16.8. The Hall–Kier alpha value is -3.55. The van der Waals surface area contributed by atoms with Crippen LogP contribution in [0, 0.1) is 18.6 Å². The second-order valence-corrected chi connectivity index (χ2v) is 7.79. The molecule has 1 aromatic heterocycles. The number of aromatic nitrogens is 1. The number of pyridine rings is 1. The van der Waals surface area contributed by atoms with Crippen LogP contribution < -0.4 is 19.5 Å². The van der Waals surface area contributed by atoms with Gasteiger partial charge in [-0.15, -0.1) is 13.2 Å². The lowest BCUT2D eigenvalue weighted by Crippen LogP contribution is -2.18. The summed E-state index contributed by atoms with van der Waals surface area (Å²) in [7, 11) is 0.904. The molecule has 14 heteroatoms. The number of anilines is 1. The molecule has 1 amide bonds. The van der Waals surface area contributed by atoms with Crippen molar-refractivity contribution in [1.29, 1.82) is 0 Å². The van der Waals surface area contributed by atoms with Crippen LogP contribution in [0.15, 0.2) is 41.1 Å². The fourth-order valence-corrected chi connectivity index (χ4v) is 3.30. The third-order valence-corrected chi connectivity index (χ3v) is 5.02. The van der Waals surface area contributed by atoms with Crippen molar-refractivity contribution in [2.24, 2.45) is 0 Å². The van der Waals surface area contributed by atoms with Gasteiger partial charge in [-0.1, -0.05) is 0 Å². The summed E-state index contributed by atoms with van der Waals surface area (Å²) in [4.78, 5) is 16.9. The molecule has 0 atom stereocenters. The number of benzene rings is 2. The second kappa shape index (κ2) is 10.6. The van der Waals surface area contributed by atoms with E-state index in [0.29, 0.717) is 22.3 Å². The highest BCUT2D eigenvalue weighted by Gasteiger charge is 2.34. The molecule has 0 fully saturated rings. The van der Waals surface area contributed by atoms with E-state index >= 15 is 4.39 Å². The first-order valence-electron chi connectivity index (χ1n) is 9.66. The van der Waals surface area contributed by atoms with E-state index in [9.17, 15) is 31.1 Å². The Balaban J connectivity index is 2.08. The number of nitrogens with zero attached hydrogens (tertiary/aromatic N) is 1. The molecule has 0 saturated carbocycles. The number of rotatable bonds is 7. The molecule has 0 aliphatic rings. The summed E-state index contributed by atoms with van der Waals surface area (Å²) in [6, 6.07) is 4.20. The molecule has 0 spiro atoms. The Morgan fingerprint density at radius 2 is 1.69 bits per heavy atom. The van der Waals surface area contributed by atoms with Gasteiger partial charge in [0, 0.05) is 11.9 Å². The SMILES string of the molecule is COc1c(Oc2ccc(C(F)F)c(F)c2C(=O)Nc2cc(Br)ncc2C)ccc(OC(F)(F)F)c1F. The van der Waals surface area contributed by atoms with Gasteiger partial charge in [0.25, 0.3) is 12.3 Å². The van der Waals surface area contributed by atoms with Crippen LogP contribution in [0.25, 0.3) is 0 Å². The monoisotopic (exact) mass is 582 g/mol. The van der Waals surface area contributed by atoms with Gasteiger partial charge in [0.1, 0.15) is 21.7 Å². The smallest absolute Gasteiger partial charge is 0.490 e. The maximum absolute atomic E-state index is 15.0. The summed E-state index contributed by atoms with van der Waals surface area (Å²) in [5.41, 5.74) is -1.49. The summed E-state index contributed by atoms with van der Waals surface area (Å²) >= 11 is 3.10. The second-order valence-electron chi connectivity index (χ2n) is 6.98. The summed E-state index contributed by atoms with van der Waals surface area (Å²) in [6.07, 6.45) is -7.14. The van der Waals surface area contributed by atoms with Crippen LogP contribution in [0.3, 0.4) is 0 Å². The molecule has 0 aliphatic carbocycles. The van der Waals surface area contributed by atoms with E-state index in [1.165, 1.54) is 12.3 Å². The molecule has 1 heterocycles. The van der Waals surface area contributed by atoms with Crippen LogP contribution in [0.2, 0.25) is 0 Å². The Bertz CT molecular complexity index is 1300. The number of nitrogens with one attached hydrogen (secondary N) is 1. The fraction of sp³-hybridized carbons (Fsp3) is 0.182. The van der Waals surface area contributed by atoms with Crippen LogP contribution in [-0.2, 0) is 0 Å². The van der Waals surface area contributed by atoms with Gasteiger partial charge >= 0.3 is 6.36 Å². The molecule has 0 radical (unpaired) electrons. The molecular formula is C22H14BrF7N2O4. The van der Waals surface area contributed by atoms with E-state index < -0.39 is 64.5 Å². The molecule has 0 unspecified atom stereocenters. The number of ether oxygens (including phenoxy) is 3. The summed E-state index contributed by atoms with van der Waals surface area (Å²) in [5, 5.41) is 2.35. The summed E-state index contributed by atoms with van der Waals surface area (Å²) in [6.45, 7) is 1.57. The van der Waals surface area contributed by atoms with Crippen molar-refractivity contribution in [3.05, 3.63) is 69.5 Å². The van der Waals surface area contributed by atoms with Gasteiger partial charge in [0.05, 0.1) is 12.7 Å². The van der Waals surface area contributed by atoms with Gasteiger partial charge in [-0.2, -0.15) is 4.39 Å². The van der Waals surface area contributed by atoms with E-state index in [1.807, 2.05) is 0 Å². The van der Waals surface area contributed by atoms with Crippen molar-refractivity contribution >= 4 is 27.5 Å². The summed E-state index contributed by atoms with van der Waals surface area (Å²) in [5.74, 6) is -7.81. The molecule has 0 bridgehead atoms. The number of carbonyl (C=O) groups excluding carboxylic acids is 1. The van der Waals surface area contributed by atoms with Crippen molar-refractivity contribution in [3.63, 3.8) is 0 Å². The lowest BCUT2D eigenvalue weighted by Gasteiger charge is -2.18. The first kappa shape index (κ1) is 27.0. The number of carbonyl (C=O) groups is 1. The predicted molar refractivity (Wildman–Crippen MR) is 116 cm³/mol. The standard InChI is InChI=1S/C22H14BrF7N2O4/c1-9-8-31-15(23)7-11(9)32-21(33)16-12(4-3-10(17(16)24)20(26)27)35-14-6-5-13(36-22(28,29)30)18(25)19(14)34-2/h3-8,20H,1-2H3,(H,31,32,33). The molecular weight excluding hydrogens is 569 g/mol. The van der Waals surface area contributed by atoms with Gasteiger partial charge in [-0.25, -0.2) is 18.2 Å². The zero-order valence-corrected chi connectivity index (χ0v) is 19.7. The van der Waals surface area contributed by atoms with Gasteiger partial charge in [-0.3, -0.25) is 4.79 Å². The average Bonchev–Trinajstić information content (AvgIpc) is 2.77.